The molecule has 0 aliphatic heterocycles. The number of nitrogen functional groups attached to an aromatic ring is 1. The topological polar surface area (TPSA) is 49.8 Å². The van der Waals surface area contributed by atoms with E-state index in [1.807, 2.05) is 5.38 Å². The molecule has 0 fully saturated rings. The van der Waals surface area contributed by atoms with Gasteiger partial charge in [0.25, 0.3) is 0 Å². The Morgan fingerprint density at radius 3 is 2.56 bits per heavy atom. The van der Waals surface area contributed by atoms with Crippen molar-refractivity contribution < 1.29 is 0 Å². The lowest BCUT2D eigenvalue weighted by molar-refractivity contribution is 1.39. The Balaban J connectivity index is 2.60. The van der Waals surface area contributed by atoms with Gasteiger partial charge in [-0.15, -0.1) is 11.3 Å². The van der Waals surface area contributed by atoms with E-state index in [1.165, 1.54) is 22.5 Å². The first-order valence-corrected chi connectivity index (χ1v) is 5.86. The summed E-state index contributed by atoms with van der Waals surface area (Å²) in [6, 6.07) is 8.35. The summed E-state index contributed by atoms with van der Waals surface area (Å²) in [6.45, 7) is 4.12. The number of nitrogens with zero attached hydrogens (tertiary/aromatic N) is 1. The predicted octanol–water partition coefficient (Wildman–Crippen LogP) is 3.49. The van der Waals surface area contributed by atoms with Gasteiger partial charge in [-0.2, -0.15) is 5.26 Å². The van der Waals surface area contributed by atoms with Crippen LogP contribution in [0.2, 0.25) is 0 Å². The van der Waals surface area contributed by atoms with Crippen molar-refractivity contribution in [2.75, 3.05) is 5.73 Å². The van der Waals surface area contributed by atoms with E-state index in [0.717, 1.165) is 11.1 Å². The second-order valence-corrected chi connectivity index (χ2v) is 4.70. The molecule has 2 N–H and O–H groups in total. The van der Waals surface area contributed by atoms with Gasteiger partial charge in [0.15, 0.2) is 0 Å². The predicted molar refractivity (Wildman–Crippen MR) is 68.4 cm³/mol. The normalized spacial score (nSPS) is 10.1. The molecule has 0 radical (unpaired) electrons. The second kappa shape index (κ2) is 3.99. The van der Waals surface area contributed by atoms with Gasteiger partial charge in [0.05, 0.1) is 5.69 Å². The van der Waals surface area contributed by atoms with E-state index in [4.69, 9.17) is 11.0 Å². The third-order valence-electron chi connectivity index (χ3n) is 2.60. The van der Waals surface area contributed by atoms with Crippen LogP contribution in [-0.2, 0) is 0 Å². The molecule has 2 rings (SSSR count). The zero-order chi connectivity index (χ0) is 11.7. The van der Waals surface area contributed by atoms with Crippen LogP contribution in [0.5, 0.6) is 0 Å². The van der Waals surface area contributed by atoms with Crippen molar-refractivity contribution in [2.45, 2.75) is 13.8 Å². The summed E-state index contributed by atoms with van der Waals surface area (Å²) in [5, 5.41) is 10.8. The summed E-state index contributed by atoms with van der Waals surface area (Å²) in [5.41, 5.74) is 11.0. The van der Waals surface area contributed by atoms with Crippen LogP contribution in [0, 0.1) is 25.2 Å². The van der Waals surface area contributed by atoms with Crippen LogP contribution in [0.15, 0.2) is 23.6 Å². The molecule has 0 saturated heterocycles. The third-order valence-corrected chi connectivity index (χ3v) is 3.50. The molecule has 0 aliphatic carbocycles. The Morgan fingerprint density at radius 2 is 2.00 bits per heavy atom. The van der Waals surface area contributed by atoms with Crippen molar-refractivity contribution in [1.82, 2.24) is 0 Å². The molecule has 0 amide bonds. The summed E-state index contributed by atoms with van der Waals surface area (Å²) < 4.78 is 0. The SMILES string of the molecule is Cc1ccc(-c2csc(C#N)c2N)c(C)c1. The van der Waals surface area contributed by atoms with Crippen molar-refractivity contribution in [3.8, 4) is 17.2 Å². The molecule has 2 nitrogen and oxygen atoms in total. The summed E-state index contributed by atoms with van der Waals surface area (Å²) >= 11 is 1.40. The van der Waals surface area contributed by atoms with Crippen LogP contribution in [-0.4, -0.2) is 0 Å². The van der Waals surface area contributed by atoms with E-state index in [1.54, 1.807) is 0 Å². The summed E-state index contributed by atoms with van der Waals surface area (Å²) in [6.07, 6.45) is 0. The Kier molecular flexibility index (Phi) is 2.67. The largest absolute Gasteiger partial charge is 0.396 e. The highest BCUT2D eigenvalue weighted by Crippen LogP contribution is 2.35. The van der Waals surface area contributed by atoms with E-state index in [0.29, 0.717) is 10.6 Å². The molecule has 1 aromatic carbocycles. The molecule has 0 unspecified atom stereocenters. The van der Waals surface area contributed by atoms with E-state index < -0.39 is 0 Å². The fourth-order valence-electron chi connectivity index (χ4n) is 1.78. The van der Waals surface area contributed by atoms with E-state index in [-0.39, 0.29) is 0 Å². The molecule has 1 aromatic heterocycles. The average molecular weight is 228 g/mol. The first-order chi connectivity index (χ1) is 7.63. The molecule has 0 saturated carbocycles. The molecule has 0 spiro atoms. The number of anilines is 1. The minimum absolute atomic E-state index is 0.593. The quantitative estimate of drug-likeness (QED) is 0.812. The average Bonchev–Trinajstić information content (AvgIpc) is 2.60. The standard InChI is InChI=1S/C13H12N2S/c1-8-3-4-10(9(2)5-8)11-7-16-12(6-14)13(11)15/h3-5,7H,15H2,1-2H3. The molecule has 2 aromatic rings. The molecular formula is C13H12N2S. The summed E-state index contributed by atoms with van der Waals surface area (Å²) in [7, 11) is 0. The van der Waals surface area contributed by atoms with Gasteiger partial charge in [0.2, 0.25) is 0 Å². The van der Waals surface area contributed by atoms with Crippen LogP contribution >= 0.6 is 11.3 Å². The van der Waals surface area contributed by atoms with Crippen LogP contribution in [0.25, 0.3) is 11.1 Å². The van der Waals surface area contributed by atoms with Gasteiger partial charge >= 0.3 is 0 Å². The number of thiophene rings is 1. The van der Waals surface area contributed by atoms with Gasteiger partial charge in [0.1, 0.15) is 10.9 Å². The Bertz CT molecular complexity index is 576. The van der Waals surface area contributed by atoms with Gasteiger partial charge in [0, 0.05) is 10.9 Å². The molecule has 0 bridgehead atoms. The molecular weight excluding hydrogens is 216 g/mol. The molecule has 1 heterocycles. The highest BCUT2D eigenvalue weighted by Gasteiger charge is 2.11. The summed E-state index contributed by atoms with van der Waals surface area (Å²) in [5.74, 6) is 0. The van der Waals surface area contributed by atoms with Crippen molar-refractivity contribution in [2.24, 2.45) is 0 Å². The first kappa shape index (κ1) is 10.7. The maximum absolute atomic E-state index is 8.87. The maximum atomic E-state index is 8.87. The Hall–Kier alpha value is -1.79. The van der Waals surface area contributed by atoms with Gasteiger partial charge in [-0.1, -0.05) is 23.8 Å². The molecule has 0 aliphatic rings. The second-order valence-electron chi connectivity index (χ2n) is 3.82. The molecule has 16 heavy (non-hydrogen) atoms. The van der Waals surface area contributed by atoms with E-state index in [9.17, 15) is 0 Å². The highest BCUT2D eigenvalue weighted by atomic mass is 32.1. The molecule has 80 valence electrons. The van der Waals surface area contributed by atoms with Gasteiger partial charge in [-0.25, -0.2) is 0 Å². The smallest absolute Gasteiger partial charge is 0.128 e. The van der Waals surface area contributed by atoms with Crippen LogP contribution < -0.4 is 5.73 Å². The lowest BCUT2D eigenvalue weighted by atomic mass is 10.00. The number of rotatable bonds is 1. The number of hydrogen-bond acceptors (Lipinski definition) is 3. The molecule has 0 atom stereocenters. The van der Waals surface area contributed by atoms with Crippen LogP contribution in [0.3, 0.4) is 0 Å². The van der Waals surface area contributed by atoms with Crippen LogP contribution in [0.1, 0.15) is 16.0 Å². The lowest BCUT2D eigenvalue weighted by Gasteiger charge is -2.06. The maximum Gasteiger partial charge on any atom is 0.128 e. The van der Waals surface area contributed by atoms with Crippen LogP contribution in [0.4, 0.5) is 5.69 Å². The van der Waals surface area contributed by atoms with E-state index >= 15 is 0 Å². The van der Waals surface area contributed by atoms with Crippen molar-refractivity contribution in [3.05, 3.63) is 39.6 Å². The van der Waals surface area contributed by atoms with Crippen molar-refractivity contribution >= 4 is 17.0 Å². The summed E-state index contributed by atoms with van der Waals surface area (Å²) in [4.78, 5) is 0.593. The fraction of sp³-hybridized carbons (Fsp3) is 0.154. The third kappa shape index (κ3) is 1.68. The minimum Gasteiger partial charge on any atom is -0.396 e. The Labute approximate surface area is 99.0 Å². The minimum atomic E-state index is 0.593. The van der Waals surface area contributed by atoms with Gasteiger partial charge in [-0.05, 0) is 25.0 Å². The number of nitriles is 1. The lowest BCUT2D eigenvalue weighted by Crippen LogP contribution is -1.90. The van der Waals surface area contributed by atoms with E-state index in [2.05, 4.69) is 38.1 Å². The van der Waals surface area contributed by atoms with Crippen molar-refractivity contribution in [1.29, 1.82) is 5.26 Å². The number of benzene rings is 1. The number of nitrogens with two attached hydrogens (primary N) is 1. The van der Waals surface area contributed by atoms with Gasteiger partial charge < -0.3 is 5.73 Å². The monoisotopic (exact) mass is 228 g/mol. The Morgan fingerprint density at radius 1 is 1.25 bits per heavy atom. The number of aryl methyl sites for hydroxylation is 2. The first-order valence-electron chi connectivity index (χ1n) is 4.98. The fourth-order valence-corrected chi connectivity index (χ4v) is 2.56. The zero-order valence-electron chi connectivity index (χ0n) is 9.24. The highest BCUT2D eigenvalue weighted by molar-refractivity contribution is 7.11. The number of hydrogen-bond donors (Lipinski definition) is 1. The zero-order valence-corrected chi connectivity index (χ0v) is 10.1. The van der Waals surface area contributed by atoms with Gasteiger partial charge in [-0.3, -0.25) is 0 Å². The molecule has 3 heteroatoms. The van der Waals surface area contributed by atoms with Crippen molar-refractivity contribution in [3.63, 3.8) is 0 Å².